The summed E-state index contributed by atoms with van der Waals surface area (Å²) >= 11 is 1.56. The predicted octanol–water partition coefficient (Wildman–Crippen LogP) is 1.19. The lowest BCUT2D eigenvalue weighted by Crippen LogP contribution is -2.08. The third-order valence-corrected chi connectivity index (χ3v) is 2.52. The van der Waals surface area contributed by atoms with Crippen molar-refractivity contribution in [2.45, 2.75) is 6.92 Å². The Morgan fingerprint density at radius 2 is 2.29 bits per heavy atom. The number of aryl methyl sites for hydroxylation is 1. The number of nitrogens with one attached hydrogen (secondary N) is 1. The Morgan fingerprint density at radius 1 is 1.43 bits per heavy atom. The molecule has 0 fully saturated rings. The number of aromatic nitrogens is 3. The first-order chi connectivity index (χ1) is 6.79. The van der Waals surface area contributed by atoms with Crippen molar-refractivity contribution in [2.24, 2.45) is 5.84 Å². The molecule has 5 nitrogen and oxygen atoms in total. The van der Waals surface area contributed by atoms with Gasteiger partial charge in [0.25, 0.3) is 0 Å². The normalized spacial score (nSPS) is 10.1. The third-order valence-electron chi connectivity index (χ3n) is 1.62. The van der Waals surface area contributed by atoms with E-state index in [1.165, 1.54) is 0 Å². The van der Waals surface area contributed by atoms with Crippen molar-refractivity contribution >= 4 is 17.2 Å². The first-order valence-corrected chi connectivity index (χ1v) is 4.83. The molecule has 0 radical (unpaired) electrons. The molecule has 0 aliphatic carbocycles. The molecule has 2 rings (SSSR count). The van der Waals surface area contributed by atoms with E-state index < -0.39 is 0 Å². The molecular formula is C8H9N5S. The van der Waals surface area contributed by atoms with Crippen molar-refractivity contribution in [3.05, 3.63) is 23.3 Å². The van der Waals surface area contributed by atoms with Crippen LogP contribution in [0.15, 0.2) is 18.5 Å². The topological polar surface area (TPSA) is 76.7 Å². The molecule has 0 bridgehead atoms. The standard InChI is InChI=1S/C8H9N5S/c1-5-4-11-8(14-5)7-10-3-2-6(12-7)13-9/h2-4H,9H2,1H3,(H,10,12,13). The molecule has 0 amide bonds. The summed E-state index contributed by atoms with van der Waals surface area (Å²) in [5.74, 6) is 6.43. The van der Waals surface area contributed by atoms with E-state index in [2.05, 4.69) is 20.4 Å². The second kappa shape index (κ2) is 3.69. The van der Waals surface area contributed by atoms with Gasteiger partial charge in [0, 0.05) is 23.3 Å². The van der Waals surface area contributed by atoms with E-state index in [-0.39, 0.29) is 0 Å². The Labute approximate surface area is 85.0 Å². The SMILES string of the molecule is Cc1cnc(-c2nccc(NN)n2)s1. The van der Waals surface area contributed by atoms with Crippen LogP contribution in [0, 0.1) is 6.92 Å². The van der Waals surface area contributed by atoms with Gasteiger partial charge in [0.1, 0.15) is 5.82 Å². The van der Waals surface area contributed by atoms with Crippen LogP contribution in [0.5, 0.6) is 0 Å². The summed E-state index contributed by atoms with van der Waals surface area (Å²) in [5.41, 5.74) is 2.47. The third kappa shape index (κ3) is 1.70. The molecule has 2 aromatic heterocycles. The summed E-state index contributed by atoms with van der Waals surface area (Å²) in [6.07, 6.45) is 3.44. The fourth-order valence-electron chi connectivity index (χ4n) is 1.00. The molecule has 72 valence electrons. The molecular weight excluding hydrogens is 198 g/mol. The van der Waals surface area contributed by atoms with Gasteiger partial charge in [0.05, 0.1) is 0 Å². The Kier molecular flexibility index (Phi) is 2.38. The second-order valence-electron chi connectivity index (χ2n) is 2.69. The summed E-state index contributed by atoms with van der Waals surface area (Å²) in [4.78, 5) is 13.6. The zero-order chi connectivity index (χ0) is 9.97. The van der Waals surface area contributed by atoms with Crippen molar-refractivity contribution in [3.8, 4) is 10.8 Å². The van der Waals surface area contributed by atoms with Gasteiger partial charge in [0.2, 0.25) is 0 Å². The lowest BCUT2D eigenvalue weighted by molar-refractivity contribution is 1.14. The Morgan fingerprint density at radius 3 is 2.93 bits per heavy atom. The number of nitrogens with two attached hydrogens (primary N) is 1. The van der Waals surface area contributed by atoms with Crippen LogP contribution in [-0.2, 0) is 0 Å². The number of hydrogen-bond acceptors (Lipinski definition) is 6. The van der Waals surface area contributed by atoms with Gasteiger partial charge in [-0.25, -0.2) is 20.8 Å². The van der Waals surface area contributed by atoms with Gasteiger partial charge in [-0.3, -0.25) is 0 Å². The molecule has 0 atom stereocenters. The molecule has 3 N–H and O–H groups in total. The molecule has 0 saturated carbocycles. The summed E-state index contributed by atoms with van der Waals surface area (Å²) in [6.45, 7) is 1.99. The van der Waals surface area contributed by atoms with Gasteiger partial charge < -0.3 is 5.43 Å². The number of rotatable bonds is 2. The Hall–Kier alpha value is -1.53. The number of hydrogen-bond donors (Lipinski definition) is 2. The van der Waals surface area contributed by atoms with Gasteiger partial charge in [-0.15, -0.1) is 11.3 Å². The number of thiazole rings is 1. The van der Waals surface area contributed by atoms with E-state index in [9.17, 15) is 0 Å². The fraction of sp³-hybridized carbons (Fsp3) is 0.125. The molecule has 2 heterocycles. The lowest BCUT2D eigenvalue weighted by Gasteiger charge is -1.98. The summed E-state index contributed by atoms with van der Waals surface area (Å²) < 4.78 is 0. The molecule has 6 heteroatoms. The van der Waals surface area contributed by atoms with Crippen molar-refractivity contribution < 1.29 is 0 Å². The highest BCUT2D eigenvalue weighted by atomic mass is 32.1. The maximum Gasteiger partial charge on any atom is 0.190 e. The monoisotopic (exact) mass is 207 g/mol. The minimum absolute atomic E-state index is 0.586. The van der Waals surface area contributed by atoms with Gasteiger partial charge in [-0.1, -0.05) is 0 Å². The first kappa shape index (κ1) is 9.04. The summed E-state index contributed by atoms with van der Waals surface area (Å²) in [7, 11) is 0. The highest BCUT2D eigenvalue weighted by Gasteiger charge is 2.05. The minimum atomic E-state index is 0.586. The molecule has 0 saturated heterocycles. The number of anilines is 1. The van der Waals surface area contributed by atoms with Crippen LogP contribution in [0.4, 0.5) is 5.82 Å². The van der Waals surface area contributed by atoms with Crippen LogP contribution < -0.4 is 11.3 Å². The van der Waals surface area contributed by atoms with Crippen LogP contribution in [0.1, 0.15) is 4.88 Å². The summed E-state index contributed by atoms with van der Waals surface area (Å²) in [5, 5.41) is 0.805. The zero-order valence-electron chi connectivity index (χ0n) is 7.56. The van der Waals surface area contributed by atoms with Gasteiger partial charge in [0.15, 0.2) is 10.8 Å². The zero-order valence-corrected chi connectivity index (χ0v) is 8.38. The molecule has 0 spiro atoms. The molecule has 14 heavy (non-hydrogen) atoms. The maximum absolute atomic E-state index is 5.24. The quantitative estimate of drug-likeness (QED) is 0.571. The van der Waals surface area contributed by atoms with Crippen LogP contribution in [0.2, 0.25) is 0 Å². The van der Waals surface area contributed by atoms with Crippen LogP contribution in [0.25, 0.3) is 10.8 Å². The first-order valence-electron chi connectivity index (χ1n) is 4.02. The van der Waals surface area contributed by atoms with Crippen molar-refractivity contribution in [3.63, 3.8) is 0 Å². The average Bonchev–Trinajstić information content (AvgIpc) is 2.65. The maximum atomic E-state index is 5.24. The van der Waals surface area contributed by atoms with Crippen molar-refractivity contribution in [2.75, 3.05) is 5.43 Å². The van der Waals surface area contributed by atoms with Crippen LogP contribution >= 0.6 is 11.3 Å². The Bertz CT molecular complexity index is 439. The van der Waals surface area contributed by atoms with E-state index in [1.54, 1.807) is 29.8 Å². The number of hydrazine groups is 1. The van der Waals surface area contributed by atoms with Gasteiger partial charge in [-0.2, -0.15) is 0 Å². The van der Waals surface area contributed by atoms with Crippen molar-refractivity contribution in [1.82, 2.24) is 15.0 Å². The van der Waals surface area contributed by atoms with E-state index in [0.717, 1.165) is 9.88 Å². The van der Waals surface area contributed by atoms with Gasteiger partial charge in [-0.05, 0) is 6.92 Å². The molecule has 0 aliphatic rings. The fourth-order valence-corrected chi connectivity index (χ4v) is 1.71. The molecule has 0 aromatic carbocycles. The average molecular weight is 207 g/mol. The lowest BCUT2D eigenvalue weighted by atomic mass is 10.5. The molecule has 2 aromatic rings. The highest BCUT2D eigenvalue weighted by molar-refractivity contribution is 7.14. The highest BCUT2D eigenvalue weighted by Crippen LogP contribution is 2.21. The van der Waals surface area contributed by atoms with Crippen LogP contribution in [0.3, 0.4) is 0 Å². The van der Waals surface area contributed by atoms with Gasteiger partial charge >= 0.3 is 0 Å². The number of nitrogen functional groups attached to an aromatic ring is 1. The smallest absolute Gasteiger partial charge is 0.190 e. The van der Waals surface area contributed by atoms with E-state index in [0.29, 0.717) is 11.6 Å². The van der Waals surface area contributed by atoms with Crippen LogP contribution in [-0.4, -0.2) is 15.0 Å². The Balaban J connectivity index is 2.41. The predicted molar refractivity (Wildman–Crippen MR) is 55.7 cm³/mol. The van der Waals surface area contributed by atoms with E-state index >= 15 is 0 Å². The van der Waals surface area contributed by atoms with E-state index in [1.807, 2.05) is 6.92 Å². The van der Waals surface area contributed by atoms with Crippen molar-refractivity contribution in [1.29, 1.82) is 0 Å². The minimum Gasteiger partial charge on any atom is -0.308 e. The van der Waals surface area contributed by atoms with E-state index in [4.69, 9.17) is 5.84 Å². The second-order valence-corrected chi connectivity index (χ2v) is 3.92. The largest absolute Gasteiger partial charge is 0.308 e. The number of nitrogens with zero attached hydrogens (tertiary/aromatic N) is 3. The molecule has 0 unspecified atom stereocenters. The summed E-state index contributed by atoms with van der Waals surface area (Å²) in [6, 6.07) is 1.70. The molecule has 0 aliphatic heterocycles.